The maximum atomic E-state index is 12.5. The van der Waals surface area contributed by atoms with E-state index in [1.54, 1.807) is 69.5 Å². The molecule has 7 nitrogen and oxygen atoms in total. The van der Waals surface area contributed by atoms with E-state index in [1.165, 1.54) is 19.6 Å². The van der Waals surface area contributed by atoms with E-state index in [2.05, 4.69) is 13.2 Å². The van der Waals surface area contributed by atoms with Gasteiger partial charge in [-0.1, -0.05) is 37.4 Å². The number of hydrogen-bond acceptors (Lipinski definition) is 7. The minimum atomic E-state index is -0.585. The summed E-state index contributed by atoms with van der Waals surface area (Å²) in [5.41, 5.74) is 2.96. The second-order valence-corrected chi connectivity index (χ2v) is 8.06. The summed E-state index contributed by atoms with van der Waals surface area (Å²) in [7, 11) is 3.09. The molecule has 0 unspecified atom stereocenters. The highest BCUT2D eigenvalue weighted by Gasteiger charge is 2.20. The van der Waals surface area contributed by atoms with Crippen molar-refractivity contribution in [2.75, 3.05) is 14.2 Å². The van der Waals surface area contributed by atoms with Crippen molar-refractivity contribution in [2.45, 2.75) is 13.8 Å². The Morgan fingerprint density at radius 1 is 0.676 bits per heavy atom. The second-order valence-electron chi connectivity index (χ2n) is 8.06. The van der Waals surface area contributed by atoms with E-state index in [1.807, 2.05) is 12.1 Å². The number of benzene rings is 3. The second kappa shape index (κ2) is 12.3. The summed E-state index contributed by atoms with van der Waals surface area (Å²) < 4.78 is 27.0. The summed E-state index contributed by atoms with van der Waals surface area (Å²) in [5, 5.41) is 0. The molecule has 0 bridgehead atoms. The van der Waals surface area contributed by atoms with Gasteiger partial charge in [0.15, 0.2) is 0 Å². The van der Waals surface area contributed by atoms with Gasteiger partial charge in [-0.05, 0) is 61.4 Å². The van der Waals surface area contributed by atoms with E-state index in [0.29, 0.717) is 28.2 Å². The van der Waals surface area contributed by atoms with Crippen LogP contribution in [0.3, 0.4) is 0 Å². The van der Waals surface area contributed by atoms with Gasteiger partial charge in [-0.2, -0.15) is 0 Å². The molecule has 0 N–H and O–H groups in total. The first-order valence-corrected chi connectivity index (χ1v) is 11.3. The Morgan fingerprint density at radius 2 is 1.11 bits per heavy atom. The molecule has 0 saturated heterocycles. The normalized spacial score (nSPS) is 10.5. The number of ether oxygens (including phenoxy) is 5. The molecule has 0 radical (unpaired) electrons. The van der Waals surface area contributed by atoms with E-state index >= 15 is 0 Å². The van der Waals surface area contributed by atoms with Crippen molar-refractivity contribution >= 4 is 11.9 Å². The highest BCUT2D eigenvalue weighted by Crippen LogP contribution is 2.42. The zero-order chi connectivity index (χ0) is 26.9. The third-order valence-corrected chi connectivity index (χ3v) is 5.15. The molecule has 7 heteroatoms. The summed E-state index contributed by atoms with van der Waals surface area (Å²) in [6, 6.07) is 17.6. The molecule has 190 valence electrons. The van der Waals surface area contributed by atoms with Crippen LogP contribution < -0.4 is 18.9 Å². The summed E-state index contributed by atoms with van der Waals surface area (Å²) in [6.45, 7) is 10.5. The van der Waals surface area contributed by atoms with Gasteiger partial charge in [0.1, 0.15) is 35.5 Å². The third kappa shape index (κ3) is 6.89. The molecule has 0 aliphatic rings. The highest BCUT2D eigenvalue weighted by molar-refractivity contribution is 5.93. The van der Waals surface area contributed by atoms with Gasteiger partial charge in [0.05, 0.1) is 14.2 Å². The molecule has 0 aliphatic carbocycles. The lowest BCUT2D eigenvalue weighted by atomic mass is 9.97. The van der Waals surface area contributed by atoms with Crippen molar-refractivity contribution < 1.29 is 33.3 Å². The fourth-order valence-electron chi connectivity index (χ4n) is 3.20. The van der Waals surface area contributed by atoms with Gasteiger partial charge in [-0.3, -0.25) is 0 Å². The van der Waals surface area contributed by atoms with Crippen LogP contribution in [-0.4, -0.2) is 26.2 Å². The fraction of sp³-hybridized carbons (Fsp3) is 0.133. The molecule has 3 rings (SSSR count). The van der Waals surface area contributed by atoms with Crippen LogP contribution in [0.1, 0.15) is 13.8 Å². The lowest BCUT2D eigenvalue weighted by Crippen LogP contribution is -2.11. The van der Waals surface area contributed by atoms with E-state index in [9.17, 15) is 9.59 Å². The average molecular weight is 501 g/mol. The lowest BCUT2D eigenvalue weighted by molar-refractivity contribution is -0.131. The zero-order valence-electron chi connectivity index (χ0n) is 21.2. The molecule has 0 saturated carbocycles. The maximum absolute atomic E-state index is 12.5. The van der Waals surface area contributed by atoms with Gasteiger partial charge in [0.2, 0.25) is 0 Å². The smallest absolute Gasteiger partial charge is 0.338 e. The number of carbonyl (C=O) groups excluding carboxylic acids is 2. The SMILES string of the molecule is C=C(C)C(=O)Oc1cc(-c2ccc(O/C=C/OC)cc2)c(OC(=O)C(=C)C)cc1-c1ccc(OC)cc1. The molecule has 3 aromatic rings. The van der Waals surface area contributed by atoms with Gasteiger partial charge >= 0.3 is 11.9 Å². The average Bonchev–Trinajstić information content (AvgIpc) is 2.89. The third-order valence-electron chi connectivity index (χ3n) is 5.15. The van der Waals surface area contributed by atoms with E-state index < -0.39 is 11.9 Å². The van der Waals surface area contributed by atoms with Crippen molar-refractivity contribution in [2.24, 2.45) is 0 Å². The quantitative estimate of drug-likeness (QED) is 0.136. The molecule has 0 heterocycles. The standard InChI is InChI=1S/C30H28O7/c1-19(2)29(31)36-27-18-26(22-9-13-24(14-10-22)35-16-15-33-5)28(37-30(32)20(3)4)17-25(27)21-7-11-23(34-6)12-8-21/h7-18H,1,3H2,2,4-6H3/b16-15+. The van der Waals surface area contributed by atoms with Crippen LogP contribution in [0.25, 0.3) is 22.3 Å². The molecule has 0 fully saturated rings. The number of rotatable bonds is 10. The van der Waals surface area contributed by atoms with Crippen LogP contribution in [0.2, 0.25) is 0 Å². The molecule has 0 spiro atoms. The van der Waals surface area contributed by atoms with E-state index in [4.69, 9.17) is 23.7 Å². The number of esters is 2. The maximum Gasteiger partial charge on any atom is 0.338 e. The van der Waals surface area contributed by atoms with Crippen molar-refractivity contribution in [3.8, 4) is 45.3 Å². The monoisotopic (exact) mass is 500 g/mol. The number of methoxy groups -OCH3 is 2. The van der Waals surface area contributed by atoms with Crippen molar-refractivity contribution in [1.29, 1.82) is 0 Å². The summed E-state index contributed by atoms with van der Waals surface area (Å²) in [6.07, 6.45) is 2.82. The molecule has 0 aromatic heterocycles. The van der Waals surface area contributed by atoms with Gasteiger partial charge in [0, 0.05) is 22.3 Å². The lowest BCUT2D eigenvalue weighted by Gasteiger charge is -2.17. The van der Waals surface area contributed by atoms with Crippen molar-refractivity contribution in [3.05, 3.63) is 97.5 Å². The molecule has 0 aliphatic heterocycles. The topological polar surface area (TPSA) is 80.3 Å². The molecular formula is C30H28O7. The van der Waals surface area contributed by atoms with Crippen LogP contribution in [0, 0.1) is 0 Å². The Labute approximate surface area is 216 Å². The van der Waals surface area contributed by atoms with E-state index in [-0.39, 0.29) is 22.6 Å². The van der Waals surface area contributed by atoms with Crippen molar-refractivity contribution in [3.63, 3.8) is 0 Å². The van der Waals surface area contributed by atoms with Crippen LogP contribution in [-0.2, 0) is 14.3 Å². The summed E-state index contributed by atoms with van der Waals surface area (Å²) >= 11 is 0. The first-order chi connectivity index (χ1) is 17.7. The molecule has 3 aromatic carbocycles. The minimum Gasteiger partial charge on any atom is -0.501 e. The van der Waals surface area contributed by atoms with Gasteiger partial charge < -0.3 is 23.7 Å². The Balaban J connectivity index is 2.18. The molecule has 0 atom stereocenters. The first-order valence-electron chi connectivity index (χ1n) is 11.3. The Hall–Kier alpha value is -4.78. The fourth-order valence-corrected chi connectivity index (χ4v) is 3.20. The molecule has 37 heavy (non-hydrogen) atoms. The van der Waals surface area contributed by atoms with Crippen molar-refractivity contribution in [1.82, 2.24) is 0 Å². The van der Waals surface area contributed by atoms with Gasteiger partial charge in [-0.25, -0.2) is 9.59 Å². The molecule has 0 amide bonds. The summed E-state index contributed by atoms with van der Waals surface area (Å²) in [4.78, 5) is 25.0. The Bertz CT molecular complexity index is 1330. The predicted octanol–water partition coefficient (Wildman–Crippen LogP) is 6.49. The van der Waals surface area contributed by atoms with Crippen LogP contribution in [0.4, 0.5) is 0 Å². The highest BCUT2D eigenvalue weighted by atomic mass is 16.5. The zero-order valence-corrected chi connectivity index (χ0v) is 21.2. The molecular weight excluding hydrogens is 472 g/mol. The van der Waals surface area contributed by atoms with Crippen LogP contribution >= 0.6 is 0 Å². The Morgan fingerprint density at radius 3 is 1.49 bits per heavy atom. The summed E-state index contributed by atoms with van der Waals surface area (Å²) in [5.74, 6) is 0.603. The number of hydrogen-bond donors (Lipinski definition) is 0. The Kier molecular flexibility index (Phi) is 8.89. The largest absolute Gasteiger partial charge is 0.501 e. The van der Waals surface area contributed by atoms with Gasteiger partial charge in [0.25, 0.3) is 0 Å². The van der Waals surface area contributed by atoms with Gasteiger partial charge in [-0.15, -0.1) is 0 Å². The first kappa shape index (κ1) is 26.8. The van der Waals surface area contributed by atoms with Crippen LogP contribution in [0.15, 0.2) is 97.5 Å². The van der Waals surface area contributed by atoms with E-state index in [0.717, 1.165) is 5.56 Å². The minimum absolute atomic E-state index is 0.239. The number of carbonyl (C=O) groups is 2. The van der Waals surface area contributed by atoms with Crippen LogP contribution in [0.5, 0.6) is 23.0 Å². The predicted molar refractivity (Wildman–Crippen MR) is 142 cm³/mol.